The summed E-state index contributed by atoms with van der Waals surface area (Å²) in [5.41, 5.74) is 0.536. The predicted molar refractivity (Wildman–Crippen MR) is 75.1 cm³/mol. The van der Waals surface area contributed by atoms with Gasteiger partial charge in [0.1, 0.15) is 0 Å². The highest BCUT2D eigenvalue weighted by Gasteiger charge is 2.28. The molecule has 1 aliphatic heterocycles. The summed E-state index contributed by atoms with van der Waals surface area (Å²) in [6, 6.07) is 3.43. The van der Waals surface area contributed by atoms with Crippen LogP contribution in [0.5, 0.6) is 0 Å². The maximum Gasteiger partial charge on any atom is 0.252 e. The van der Waals surface area contributed by atoms with Gasteiger partial charge in [-0.3, -0.25) is 14.6 Å². The summed E-state index contributed by atoms with van der Waals surface area (Å²) in [6.45, 7) is 1.80. The number of pyridine rings is 1. The maximum absolute atomic E-state index is 11.8. The Hall–Kier alpha value is -1.43. The first-order valence-electron chi connectivity index (χ1n) is 6.22. The standard InChI is InChI=1S/C13H16BrN3O2/c14-7-10-6-12(18)17(9-10)5-4-16-13(19)11-2-1-3-15-8-11/h1-3,8,10H,4-7,9H2,(H,16,19). The van der Waals surface area contributed by atoms with Crippen molar-refractivity contribution in [3.05, 3.63) is 30.1 Å². The molecule has 1 unspecified atom stereocenters. The second-order valence-corrected chi connectivity index (χ2v) is 5.21. The molecule has 1 aromatic rings. The second-order valence-electron chi connectivity index (χ2n) is 4.56. The average molecular weight is 326 g/mol. The Kier molecular flexibility index (Phi) is 4.90. The molecule has 5 nitrogen and oxygen atoms in total. The van der Waals surface area contributed by atoms with Gasteiger partial charge in [0.25, 0.3) is 5.91 Å². The number of hydrogen-bond donors (Lipinski definition) is 1. The molecule has 1 aliphatic rings. The third kappa shape index (κ3) is 3.76. The highest BCUT2D eigenvalue weighted by Crippen LogP contribution is 2.18. The summed E-state index contributed by atoms with van der Waals surface area (Å²) in [5.74, 6) is 0.401. The first-order valence-corrected chi connectivity index (χ1v) is 7.35. The van der Waals surface area contributed by atoms with E-state index in [0.29, 0.717) is 31.0 Å². The van der Waals surface area contributed by atoms with Crippen molar-refractivity contribution in [3.8, 4) is 0 Å². The first kappa shape index (κ1) is 14.0. The molecule has 0 radical (unpaired) electrons. The lowest BCUT2D eigenvalue weighted by Crippen LogP contribution is -2.35. The Morgan fingerprint density at radius 3 is 3.05 bits per heavy atom. The van der Waals surface area contributed by atoms with Crippen LogP contribution in [0, 0.1) is 5.92 Å². The largest absolute Gasteiger partial charge is 0.350 e. The van der Waals surface area contributed by atoms with Crippen molar-refractivity contribution in [1.82, 2.24) is 15.2 Å². The van der Waals surface area contributed by atoms with Crippen LogP contribution in [-0.2, 0) is 4.79 Å². The quantitative estimate of drug-likeness (QED) is 0.823. The van der Waals surface area contributed by atoms with E-state index in [1.807, 2.05) is 0 Å². The van der Waals surface area contributed by atoms with E-state index in [9.17, 15) is 9.59 Å². The van der Waals surface area contributed by atoms with Crippen LogP contribution in [0.3, 0.4) is 0 Å². The number of aromatic nitrogens is 1. The van der Waals surface area contributed by atoms with Crippen LogP contribution in [0.4, 0.5) is 0 Å². The number of nitrogens with one attached hydrogen (secondary N) is 1. The van der Waals surface area contributed by atoms with Crippen LogP contribution in [-0.4, -0.2) is 46.7 Å². The molecule has 6 heteroatoms. The fraction of sp³-hybridized carbons (Fsp3) is 0.462. The number of rotatable bonds is 5. The molecule has 1 saturated heterocycles. The van der Waals surface area contributed by atoms with E-state index >= 15 is 0 Å². The first-order chi connectivity index (χ1) is 9.20. The zero-order valence-electron chi connectivity index (χ0n) is 10.5. The van der Waals surface area contributed by atoms with Crippen LogP contribution in [0.2, 0.25) is 0 Å². The van der Waals surface area contributed by atoms with Gasteiger partial charge in [-0.25, -0.2) is 0 Å². The second kappa shape index (κ2) is 6.65. The van der Waals surface area contributed by atoms with Gasteiger partial charge in [-0.05, 0) is 18.1 Å². The minimum Gasteiger partial charge on any atom is -0.350 e. The minimum absolute atomic E-state index is 0.156. The molecule has 0 saturated carbocycles. The van der Waals surface area contributed by atoms with E-state index in [4.69, 9.17) is 0 Å². The molecule has 19 heavy (non-hydrogen) atoms. The van der Waals surface area contributed by atoms with Crippen molar-refractivity contribution >= 4 is 27.7 Å². The van der Waals surface area contributed by atoms with Gasteiger partial charge in [0.05, 0.1) is 5.56 Å². The number of alkyl halides is 1. The highest BCUT2D eigenvalue weighted by molar-refractivity contribution is 9.09. The summed E-state index contributed by atoms with van der Waals surface area (Å²) in [7, 11) is 0. The zero-order valence-corrected chi connectivity index (χ0v) is 12.1. The number of halogens is 1. The number of amides is 2. The normalized spacial score (nSPS) is 18.7. The van der Waals surface area contributed by atoms with Crippen LogP contribution < -0.4 is 5.32 Å². The number of likely N-dealkylation sites (tertiary alicyclic amines) is 1. The Labute approximate surface area is 120 Å². The monoisotopic (exact) mass is 325 g/mol. The van der Waals surface area contributed by atoms with Crippen LogP contribution in [0.25, 0.3) is 0 Å². The van der Waals surface area contributed by atoms with Crippen LogP contribution in [0.15, 0.2) is 24.5 Å². The lowest BCUT2D eigenvalue weighted by Gasteiger charge is -2.16. The van der Waals surface area contributed by atoms with Gasteiger partial charge in [-0.2, -0.15) is 0 Å². The molecule has 0 spiro atoms. The molecule has 2 heterocycles. The summed E-state index contributed by atoms with van der Waals surface area (Å²) in [4.78, 5) is 29.1. The summed E-state index contributed by atoms with van der Waals surface area (Å²) < 4.78 is 0. The van der Waals surface area contributed by atoms with Crippen molar-refractivity contribution in [2.24, 2.45) is 5.92 Å². The smallest absolute Gasteiger partial charge is 0.252 e. The summed E-state index contributed by atoms with van der Waals surface area (Å²) in [5, 5.41) is 3.64. The molecule has 0 aliphatic carbocycles. The van der Waals surface area contributed by atoms with Gasteiger partial charge in [0, 0.05) is 43.8 Å². The molecule has 0 aromatic carbocycles. The zero-order chi connectivity index (χ0) is 13.7. The van der Waals surface area contributed by atoms with Gasteiger partial charge >= 0.3 is 0 Å². The molecular weight excluding hydrogens is 310 g/mol. The predicted octanol–water partition coefficient (Wildman–Crippen LogP) is 1.05. The van der Waals surface area contributed by atoms with Crippen LogP contribution in [0.1, 0.15) is 16.8 Å². The van der Waals surface area contributed by atoms with E-state index in [2.05, 4.69) is 26.2 Å². The van der Waals surface area contributed by atoms with E-state index in [1.54, 1.807) is 23.2 Å². The lowest BCUT2D eigenvalue weighted by molar-refractivity contribution is -0.127. The fourth-order valence-corrected chi connectivity index (χ4v) is 2.51. The topological polar surface area (TPSA) is 62.3 Å². The Morgan fingerprint density at radius 2 is 2.42 bits per heavy atom. The molecule has 1 fully saturated rings. The minimum atomic E-state index is -0.156. The molecule has 1 atom stereocenters. The van der Waals surface area contributed by atoms with Crippen molar-refractivity contribution in [2.75, 3.05) is 25.0 Å². The van der Waals surface area contributed by atoms with Gasteiger partial charge in [-0.15, -0.1) is 0 Å². The number of nitrogens with zero attached hydrogens (tertiary/aromatic N) is 2. The summed E-state index contributed by atoms with van der Waals surface area (Å²) >= 11 is 3.40. The molecule has 1 aromatic heterocycles. The van der Waals surface area contributed by atoms with E-state index in [0.717, 1.165) is 11.9 Å². The number of hydrogen-bond acceptors (Lipinski definition) is 3. The SMILES string of the molecule is O=C(NCCN1CC(CBr)CC1=O)c1cccnc1. The van der Waals surface area contributed by atoms with Gasteiger partial charge in [0.15, 0.2) is 0 Å². The van der Waals surface area contributed by atoms with Crippen LogP contribution >= 0.6 is 15.9 Å². The van der Waals surface area contributed by atoms with Gasteiger partial charge in [-0.1, -0.05) is 15.9 Å². The third-order valence-corrected chi connectivity index (χ3v) is 4.02. The van der Waals surface area contributed by atoms with Gasteiger partial charge < -0.3 is 10.2 Å². The van der Waals surface area contributed by atoms with E-state index < -0.39 is 0 Å². The average Bonchev–Trinajstić information content (AvgIpc) is 2.80. The van der Waals surface area contributed by atoms with Gasteiger partial charge in [0.2, 0.25) is 5.91 Å². The molecule has 2 rings (SSSR count). The highest BCUT2D eigenvalue weighted by atomic mass is 79.9. The van der Waals surface area contributed by atoms with Crippen molar-refractivity contribution in [3.63, 3.8) is 0 Å². The lowest BCUT2D eigenvalue weighted by atomic mass is 10.2. The molecule has 1 N–H and O–H groups in total. The third-order valence-electron chi connectivity index (χ3n) is 3.10. The number of carbonyl (C=O) groups is 2. The number of carbonyl (C=O) groups excluding carboxylic acids is 2. The van der Waals surface area contributed by atoms with Crippen molar-refractivity contribution in [1.29, 1.82) is 0 Å². The maximum atomic E-state index is 11.8. The Bertz CT molecular complexity index is 452. The Morgan fingerprint density at radius 1 is 1.58 bits per heavy atom. The summed E-state index contributed by atoms with van der Waals surface area (Å²) in [6.07, 6.45) is 3.75. The molecule has 102 valence electrons. The van der Waals surface area contributed by atoms with E-state index in [1.165, 1.54) is 6.20 Å². The van der Waals surface area contributed by atoms with E-state index in [-0.39, 0.29) is 11.8 Å². The molecular formula is C13H16BrN3O2. The molecule has 0 bridgehead atoms. The fourth-order valence-electron chi connectivity index (χ4n) is 2.08. The van der Waals surface area contributed by atoms with Crippen molar-refractivity contribution < 1.29 is 9.59 Å². The molecule has 2 amide bonds. The Balaban J connectivity index is 1.75. The van der Waals surface area contributed by atoms with Crippen molar-refractivity contribution in [2.45, 2.75) is 6.42 Å².